The van der Waals surface area contributed by atoms with E-state index in [1.165, 1.54) is 9.47 Å². The number of aromatic nitrogens is 2. The third-order valence-electron chi connectivity index (χ3n) is 5.35. The van der Waals surface area contributed by atoms with Crippen LogP contribution in [0.2, 0.25) is 0 Å². The van der Waals surface area contributed by atoms with E-state index in [1.54, 1.807) is 25.1 Å². The number of fused-ring (bicyclic) bond motifs is 1. The summed E-state index contributed by atoms with van der Waals surface area (Å²) in [4.78, 5) is 44.9. The summed E-state index contributed by atoms with van der Waals surface area (Å²) in [6.07, 6.45) is 0.489. The first-order chi connectivity index (χ1) is 13.4. The molecule has 3 aromatic rings. The van der Waals surface area contributed by atoms with E-state index in [0.717, 1.165) is 11.1 Å². The molecular weight excluding hydrogens is 354 g/mol. The van der Waals surface area contributed by atoms with Gasteiger partial charge in [-0.15, -0.1) is 0 Å². The Labute approximate surface area is 162 Å². The highest BCUT2D eigenvalue weighted by molar-refractivity contribution is 6.18. The minimum absolute atomic E-state index is 0.197. The van der Waals surface area contributed by atoms with Gasteiger partial charge >= 0.3 is 0 Å². The Morgan fingerprint density at radius 1 is 0.929 bits per heavy atom. The number of benzene rings is 2. The van der Waals surface area contributed by atoms with Gasteiger partial charge in [-0.3, -0.25) is 19.0 Å². The molecule has 142 valence electrons. The van der Waals surface area contributed by atoms with Gasteiger partial charge in [0.1, 0.15) is 11.9 Å². The van der Waals surface area contributed by atoms with Crippen LogP contribution in [0.25, 0.3) is 10.9 Å². The van der Waals surface area contributed by atoms with Crippen molar-refractivity contribution in [3.63, 3.8) is 0 Å². The van der Waals surface area contributed by atoms with Gasteiger partial charge in [0, 0.05) is 6.42 Å². The van der Waals surface area contributed by atoms with E-state index < -0.39 is 6.04 Å². The summed E-state index contributed by atoms with van der Waals surface area (Å²) < 4.78 is 1.44. The molecule has 1 fully saturated rings. The summed E-state index contributed by atoms with van der Waals surface area (Å²) in [6.45, 7) is 5.48. The predicted molar refractivity (Wildman–Crippen MR) is 107 cm³/mol. The van der Waals surface area contributed by atoms with E-state index in [1.807, 2.05) is 38.1 Å². The van der Waals surface area contributed by atoms with Crippen molar-refractivity contribution in [3.8, 4) is 0 Å². The van der Waals surface area contributed by atoms with E-state index in [4.69, 9.17) is 0 Å². The van der Waals surface area contributed by atoms with Crippen molar-refractivity contribution < 1.29 is 9.59 Å². The number of carbonyl (C=O) groups is 2. The number of aryl methyl sites for hydroxylation is 3. The van der Waals surface area contributed by atoms with Gasteiger partial charge in [0.15, 0.2) is 0 Å². The Hall–Kier alpha value is -3.28. The number of carbonyl (C=O) groups excluding carboxylic acids is 2. The number of rotatable bonds is 2. The summed E-state index contributed by atoms with van der Waals surface area (Å²) in [5, 5.41) is 0.469. The van der Waals surface area contributed by atoms with E-state index in [0.29, 0.717) is 28.8 Å². The van der Waals surface area contributed by atoms with Crippen LogP contribution in [-0.4, -0.2) is 21.4 Å². The van der Waals surface area contributed by atoms with Crippen molar-refractivity contribution in [2.45, 2.75) is 39.7 Å². The first-order valence-electron chi connectivity index (χ1n) is 9.31. The molecule has 1 aliphatic heterocycles. The molecule has 0 radical (unpaired) electrons. The average Bonchev–Trinajstić information content (AvgIpc) is 2.65. The summed E-state index contributed by atoms with van der Waals surface area (Å²) in [6, 6.07) is 12.0. The zero-order valence-electron chi connectivity index (χ0n) is 16.1. The lowest BCUT2D eigenvalue weighted by Gasteiger charge is -2.33. The molecular formula is C22H21N3O3. The Morgan fingerprint density at radius 3 is 2.32 bits per heavy atom. The molecule has 0 aliphatic carbocycles. The second kappa shape index (κ2) is 6.71. The van der Waals surface area contributed by atoms with Crippen LogP contribution in [0.5, 0.6) is 0 Å². The van der Waals surface area contributed by atoms with E-state index in [2.05, 4.69) is 4.98 Å². The highest BCUT2D eigenvalue weighted by Gasteiger charge is 2.38. The summed E-state index contributed by atoms with van der Waals surface area (Å²) in [5.74, 6) is -0.146. The molecule has 2 amide bonds. The van der Waals surface area contributed by atoms with Crippen LogP contribution in [0.15, 0.2) is 47.3 Å². The maximum atomic E-state index is 13.4. The number of imide groups is 1. The first-order valence-corrected chi connectivity index (χ1v) is 9.31. The van der Waals surface area contributed by atoms with Crippen molar-refractivity contribution >= 4 is 28.4 Å². The molecule has 4 rings (SSSR count). The number of hydrogen-bond donors (Lipinski definition) is 0. The lowest BCUT2D eigenvalue weighted by molar-refractivity contribution is -0.131. The van der Waals surface area contributed by atoms with Crippen LogP contribution >= 0.6 is 0 Å². The first kappa shape index (κ1) is 18.1. The fraction of sp³-hybridized carbons (Fsp3) is 0.273. The molecule has 6 heteroatoms. The van der Waals surface area contributed by atoms with Crippen molar-refractivity contribution in [3.05, 3.63) is 69.8 Å². The maximum Gasteiger partial charge on any atom is 0.262 e. The Balaban J connectivity index is 1.87. The smallest absolute Gasteiger partial charge is 0.262 e. The summed E-state index contributed by atoms with van der Waals surface area (Å²) in [7, 11) is 0. The van der Waals surface area contributed by atoms with E-state index in [-0.39, 0.29) is 23.8 Å². The molecule has 1 unspecified atom stereocenters. The van der Waals surface area contributed by atoms with Gasteiger partial charge in [0.25, 0.3) is 11.5 Å². The topological polar surface area (TPSA) is 72.3 Å². The van der Waals surface area contributed by atoms with Crippen molar-refractivity contribution in [2.24, 2.45) is 0 Å². The minimum Gasteiger partial charge on any atom is -0.284 e. The number of amides is 2. The summed E-state index contributed by atoms with van der Waals surface area (Å²) >= 11 is 0. The molecule has 1 aliphatic rings. The largest absolute Gasteiger partial charge is 0.284 e. The molecule has 2 heterocycles. The highest BCUT2D eigenvalue weighted by Crippen LogP contribution is 2.32. The standard InChI is InChI=1S/C22H21N3O3/c1-13-7-6-8-14(2)20(13)25-19(26)12-11-18(22(25)28)24-15(3)23-17-10-5-4-9-16(17)21(24)27/h4-10,18H,11-12H2,1-3H3. The van der Waals surface area contributed by atoms with Crippen LogP contribution in [0.1, 0.15) is 35.8 Å². The Bertz CT molecular complexity index is 1160. The minimum atomic E-state index is -0.749. The normalized spacial score (nSPS) is 17.4. The van der Waals surface area contributed by atoms with Gasteiger partial charge in [-0.1, -0.05) is 30.3 Å². The van der Waals surface area contributed by atoms with Crippen molar-refractivity contribution in [2.75, 3.05) is 4.90 Å². The fourth-order valence-electron chi connectivity index (χ4n) is 4.02. The molecule has 0 N–H and O–H groups in total. The van der Waals surface area contributed by atoms with E-state index >= 15 is 0 Å². The summed E-state index contributed by atoms with van der Waals surface area (Å²) in [5.41, 5.74) is 2.66. The van der Waals surface area contributed by atoms with Crippen molar-refractivity contribution in [1.82, 2.24) is 9.55 Å². The molecule has 0 spiro atoms. The second-order valence-electron chi connectivity index (χ2n) is 7.21. The fourth-order valence-corrected chi connectivity index (χ4v) is 4.02. The van der Waals surface area contributed by atoms with Gasteiger partial charge < -0.3 is 0 Å². The zero-order valence-corrected chi connectivity index (χ0v) is 16.1. The molecule has 0 bridgehead atoms. The third-order valence-corrected chi connectivity index (χ3v) is 5.35. The number of hydrogen-bond acceptors (Lipinski definition) is 4. The van der Waals surface area contributed by atoms with E-state index in [9.17, 15) is 14.4 Å². The second-order valence-corrected chi connectivity index (χ2v) is 7.21. The molecule has 1 atom stereocenters. The van der Waals surface area contributed by atoms with Crippen molar-refractivity contribution in [1.29, 1.82) is 0 Å². The molecule has 1 aromatic heterocycles. The molecule has 6 nitrogen and oxygen atoms in total. The van der Waals surface area contributed by atoms with Gasteiger partial charge in [0.2, 0.25) is 5.91 Å². The molecule has 28 heavy (non-hydrogen) atoms. The maximum absolute atomic E-state index is 13.4. The molecule has 0 saturated carbocycles. The molecule has 2 aromatic carbocycles. The number of piperidine rings is 1. The third kappa shape index (κ3) is 2.72. The monoisotopic (exact) mass is 375 g/mol. The average molecular weight is 375 g/mol. The number of nitrogens with zero attached hydrogens (tertiary/aromatic N) is 3. The lowest BCUT2D eigenvalue weighted by Crippen LogP contribution is -2.49. The van der Waals surface area contributed by atoms with Gasteiger partial charge in [-0.05, 0) is 50.5 Å². The molecule has 1 saturated heterocycles. The van der Waals surface area contributed by atoms with Crippen LogP contribution in [0.4, 0.5) is 5.69 Å². The van der Waals surface area contributed by atoms with Crippen LogP contribution in [0.3, 0.4) is 0 Å². The van der Waals surface area contributed by atoms with Gasteiger partial charge in [0.05, 0.1) is 16.6 Å². The van der Waals surface area contributed by atoms with Gasteiger partial charge in [-0.25, -0.2) is 9.88 Å². The number of para-hydroxylation sites is 2. The SMILES string of the molecule is Cc1cccc(C)c1N1C(=O)CCC(n2c(C)nc3ccccc3c2=O)C1=O. The highest BCUT2D eigenvalue weighted by atomic mass is 16.2. The van der Waals surface area contributed by atoms with Gasteiger partial charge in [-0.2, -0.15) is 0 Å². The van der Waals surface area contributed by atoms with Crippen LogP contribution in [-0.2, 0) is 9.59 Å². The van der Waals surface area contributed by atoms with Crippen LogP contribution < -0.4 is 10.5 Å². The predicted octanol–water partition coefficient (Wildman–Crippen LogP) is 3.22. The quantitative estimate of drug-likeness (QED) is 0.645. The Kier molecular flexibility index (Phi) is 4.34. The number of anilines is 1. The van der Waals surface area contributed by atoms with Crippen LogP contribution in [0, 0.1) is 20.8 Å². The zero-order chi connectivity index (χ0) is 20.0. The Morgan fingerprint density at radius 2 is 1.61 bits per heavy atom. The lowest BCUT2D eigenvalue weighted by atomic mass is 9.99.